The minimum Gasteiger partial charge on any atom is -0.377 e. The molecule has 2 rings (SSSR count). The number of nitro groups is 1. The summed E-state index contributed by atoms with van der Waals surface area (Å²) in [5, 5.41) is 13.9. The van der Waals surface area contributed by atoms with Gasteiger partial charge >= 0.3 is 0 Å². The van der Waals surface area contributed by atoms with Crippen LogP contribution in [0.25, 0.3) is 0 Å². The van der Waals surface area contributed by atoms with Crippen molar-refractivity contribution in [3.05, 3.63) is 67.9 Å². The second-order valence-corrected chi connectivity index (χ2v) is 4.80. The Morgan fingerprint density at radius 2 is 1.95 bits per heavy atom. The fourth-order valence-corrected chi connectivity index (χ4v) is 2.11. The largest absolute Gasteiger partial charge is 0.377 e. The van der Waals surface area contributed by atoms with Gasteiger partial charge in [0.2, 0.25) is 0 Å². The molecule has 2 aromatic rings. The number of hydrogen-bond donors (Lipinski definition) is 1. The summed E-state index contributed by atoms with van der Waals surface area (Å²) in [7, 11) is 0. The van der Waals surface area contributed by atoms with Gasteiger partial charge in [-0.05, 0) is 23.8 Å². The molecule has 0 fully saturated rings. The Labute approximate surface area is 124 Å². The van der Waals surface area contributed by atoms with Gasteiger partial charge in [0.15, 0.2) is 0 Å². The van der Waals surface area contributed by atoms with Gasteiger partial charge in [0, 0.05) is 18.7 Å². The van der Waals surface area contributed by atoms with E-state index in [2.05, 4.69) is 5.32 Å². The summed E-state index contributed by atoms with van der Waals surface area (Å²) in [5.41, 5.74) is 0.683. The van der Waals surface area contributed by atoms with Crippen LogP contribution in [0.2, 0.25) is 10.0 Å². The first-order valence-corrected chi connectivity index (χ1v) is 6.35. The first kappa shape index (κ1) is 14.6. The van der Waals surface area contributed by atoms with E-state index >= 15 is 0 Å². The third-order valence-electron chi connectivity index (χ3n) is 2.67. The summed E-state index contributed by atoms with van der Waals surface area (Å²) in [6.07, 6.45) is 0. The Morgan fingerprint density at radius 1 is 1.20 bits per heavy atom. The van der Waals surface area contributed by atoms with Crippen LogP contribution in [0.3, 0.4) is 0 Å². The summed E-state index contributed by atoms with van der Waals surface area (Å²) in [6, 6.07) is 8.45. The molecule has 1 N–H and O–H groups in total. The zero-order valence-corrected chi connectivity index (χ0v) is 11.6. The lowest BCUT2D eigenvalue weighted by atomic mass is 10.2. The summed E-state index contributed by atoms with van der Waals surface area (Å²) in [6.45, 7) is 0.206. The maximum absolute atomic E-state index is 13.6. The van der Waals surface area contributed by atoms with Crippen molar-refractivity contribution in [3.63, 3.8) is 0 Å². The normalized spacial score (nSPS) is 10.3. The molecule has 0 saturated heterocycles. The van der Waals surface area contributed by atoms with E-state index < -0.39 is 10.7 Å². The second-order valence-electron chi connectivity index (χ2n) is 3.98. The SMILES string of the molecule is O=[N+]([O-])c1ccc(CNc2c(F)cccc2Cl)c(Cl)c1. The standard InChI is InChI=1S/C13H9Cl2FN2O2/c14-10-2-1-3-12(16)13(10)17-7-8-4-5-9(18(19)20)6-11(8)15/h1-6,17H,7H2. The van der Waals surface area contributed by atoms with Crippen molar-refractivity contribution in [2.75, 3.05) is 5.32 Å². The molecule has 0 aromatic heterocycles. The number of nitrogens with zero attached hydrogens (tertiary/aromatic N) is 1. The number of nitro benzene ring substituents is 1. The van der Waals surface area contributed by atoms with Crippen LogP contribution in [0, 0.1) is 15.9 Å². The third-order valence-corrected chi connectivity index (χ3v) is 3.33. The monoisotopic (exact) mass is 314 g/mol. The van der Waals surface area contributed by atoms with Crippen LogP contribution in [0.15, 0.2) is 36.4 Å². The van der Waals surface area contributed by atoms with Gasteiger partial charge in [-0.2, -0.15) is 0 Å². The Morgan fingerprint density at radius 3 is 2.55 bits per heavy atom. The van der Waals surface area contributed by atoms with Gasteiger partial charge in [-0.25, -0.2) is 4.39 Å². The Hall–Kier alpha value is -1.85. The van der Waals surface area contributed by atoms with E-state index in [9.17, 15) is 14.5 Å². The highest BCUT2D eigenvalue weighted by atomic mass is 35.5. The van der Waals surface area contributed by atoms with Gasteiger partial charge in [0.05, 0.1) is 20.7 Å². The molecule has 0 amide bonds. The number of rotatable bonds is 4. The van der Waals surface area contributed by atoms with Crippen LogP contribution >= 0.6 is 23.2 Å². The van der Waals surface area contributed by atoms with Crippen molar-refractivity contribution in [1.82, 2.24) is 0 Å². The highest BCUT2D eigenvalue weighted by molar-refractivity contribution is 6.33. The molecule has 4 nitrogen and oxygen atoms in total. The van der Waals surface area contributed by atoms with Crippen molar-refractivity contribution in [2.24, 2.45) is 0 Å². The Kier molecular flexibility index (Phi) is 4.42. The molecule has 0 bridgehead atoms. The van der Waals surface area contributed by atoms with Crippen LogP contribution in [0.1, 0.15) is 5.56 Å². The zero-order chi connectivity index (χ0) is 14.7. The number of hydrogen-bond acceptors (Lipinski definition) is 3. The van der Waals surface area contributed by atoms with E-state index in [-0.39, 0.29) is 28.0 Å². The summed E-state index contributed by atoms with van der Waals surface area (Å²) in [5.74, 6) is -0.476. The summed E-state index contributed by atoms with van der Waals surface area (Å²) >= 11 is 11.8. The molecular weight excluding hydrogens is 306 g/mol. The van der Waals surface area contributed by atoms with Crippen molar-refractivity contribution in [1.29, 1.82) is 0 Å². The zero-order valence-electron chi connectivity index (χ0n) is 10.1. The molecule has 0 atom stereocenters. The summed E-state index contributed by atoms with van der Waals surface area (Å²) in [4.78, 5) is 10.1. The molecule has 7 heteroatoms. The average Bonchev–Trinajstić information content (AvgIpc) is 2.39. The molecule has 0 aliphatic carbocycles. The maximum Gasteiger partial charge on any atom is 0.270 e. The van der Waals surface area contributed by atoms with Crippen LogP contribution in [-0.4, -0.2) is 4.92 Å². The molecule has 0 unspecified atom stereocenters. The van der Waals surface area contributed by atoms with Crippen LogP contribution in [-0.2, 0) is 6.54 Å². The van der Waals surface area contributed by atoms with Crippen LogP contribution in [0.4, 0.5) is 15.8 Å². The molecule has 2 aromatic carbocycles. The molecular formula is C13H9Cl2FN2O2. The van der Waals surface area contributed by atoms with Crippen molar-refractivity contribution < 1.29 is 9.31 Å². The summed E-state index contributed by atoms with van der Waals surface area (Å²) < 4.78 is 13.6. The minimum atomic E-state index is -0.531. The highest BCUT2D eigenvalue weighted by Gasteiger charge is 2.11. The van der Waals surface area contributed by atoms with Crippen LogP contribution < -0.4 is 5.32 Å². The second kappa shape index (κ2) is 6.07. The minimum absolute atomic E-state index is 0.0947. The number of anilines is 1. The number of halogens is 3. The molecule has 20 heavy (non-hydrogen) atoms. The van der Waals surface area contributed by atoms with Crippen LogP contribution in [0.5, 0.6) is 0 Å². The molecule has 0 aliphatic heterocycles. The smallest absolute Gasteiger partial charge is 0.270 e. The van der Waals surface area contributed by atoms with Gasteiger partial charge in [-0.3, -0.25) is 10.1 Å². The third kappa shape index (κ3) is 3.18. The van der Waals surface area contributed by atoms with E-state index in [1.807, 2.05) is 0 Å². The lowest BCUT2D eigenvalue weighted by molar-refractivity contribution is -0.384. The first-order chi connectivity index (χ1) is 9.49. The van der Waals surface area contributed by atoms with E-state index in [0.717, 1.165) is 0 Å². The lowest BCUT2D eigenvalue weighted by Gasteiger charge is -2.10. The predicted octanol–water partition coefficient (Wildman–Crippen LogP) is 4.65. The molecule has 0 spiro atoms. The fourth-order valence-electron chi connectivity index (χ4n) is 1.64. The molecule has 104 valence electrons. The predicted molar refractivity (Wildman–Crippen MR) is 76.8 cm³/mol. The molecule has 0 saturated carbocycles. The fraction of sp³-hybridized carbons (Fsp3) is 0.0769. The highest BCUT2D eigenvalue weighted by Crippen LogP contribution is 2.27. The van der Waals surface area contributed by atoms with Gasteiger partial charge in [0.25, 0.3) is 5.69 Å². The molecule has 0 heterocycles. The number of benzene rings is 2. The van der Waals surface area contributed by atoms with E-state index in [1.54, 1.807) is 6.07 Å². The van der Waals surface area contributed by atoms with Crippen molar-refractivity contribution >= 4 is 34.6 Å². The lowest BCUT2D eigenvalue weighted by Crippen LogP contribution is -2.03. The van der Waals surface area contributed by atoms with Gasteiger partial charge in [0.1, 0.15) is 5.82 Å². The van der Waals surface area contributed by atoms with Crippen molar-refractivity contribution in [2.45, 2.75) is 6.54 Å². The first-order valence-electron chi connectivity index (χ1n) is 5.59. The molecule has 0 aliphatic rings. The number of non-ortho nitro benzene ring substituents is 1. The van der Waals surface area contributed by atoms with E-state index in [1.165, 1.54) is 30.3 Å². The van der Waals surface area contributed by atoms with Gasteiger partial charge < -0.3 is 5.32 Å². The van der Waals surface area contributed by atoms with E-state index in [4.69, 9.17) is 23.2 Å². The van der Waals surface area contributed by atoms with Gasteiger partial charge in [-0.1, -0.05) is 29.3 Å². The quantitative estimate of drug-likeness (QED) is 0.660. The topological polar surface area (TPSA) is 55.2 Å². The molecule has 0 radical (unpaired) electrons. The number of nitrogens with one attached hydrogen (secondary N) is 1. The Bertz CT molecular complexity index is 645. The number of para-hydroxylation sites is 1. The van der Waals surface area contributed by atoms with Crippen molar-refractivity contribution in [3.8, 4) is 0 Å². The van der Waals surface area contributed by atoms with E-state index in [0.29, 0.717) is 5.56 Å². The maximum atomic E-state index is 13.6. The van der Waals surface area contributed by atoms with Gasteiger partial charge in [-0.15, -0.1) is 0 Å². The average molecular weight is 315 g/mol. The Balaban J connectivity index is 2.17.